The van der Waals surface area contributed by atoms with Crippen molar-refractivity contribution in [3.63, 3.8) is 0 Å². The van der Waals surface area contributed by atoms with Crippen LogP contribution in [0.4, 0.5) is 0 Å². The van der Waals surface area contributed by atoms with Gasteiger partial charge in [0.25, 0.3) is 0 Å². The SMILES string of the molecule is COc1ccc(OC)c2c1ncn2CC=C1c2ccccc2COc2ccc(C(=O)O)cc21. The highest BCUT2D eigenvalue weighted by Gasteiger charge is 2.21. The predicted molar refractivity (Wildman–Crippen MR) is 124 cm³/mol. The number of hydrogen-bond donors (Lipinski definition) is 1. The van der Waals surface area contributed by atoms with E-state index >= 15 is 0 Å². The lowest BCUT2D eigenvalue weighted by molar-refractivity contribution is 0.0697. The summed E-state index contributed by atoms with van der Waals surface area (Å²) in [6, 6.07) is 16.6. The maximum absolute atomic E-state index is 11.6. The van der Waals surface area contributed by atoms with E-state index in [0.29, 0.717) is 35.9 Å². The molecule has 166 valence electrons. The first-order chi connectivity index (χ1) is 16.1. The molecule has 4 aromatic rings. The summed E-state index contributed by atoms with van der Waals surface area (Å²) in [5, 5.41) is 9.55. The molecule has 0 amide bonds. The Morgan fingerprint density at radius 1 is 1.09 bits per heavy atom. The van der Waals surface area contributed by atoms with Crippen molar-refractivity contribution >= 4 is 22.6 Å². The van der Waals surface area contributed by atoms with Crippen LogP contribution in [-0.4, -0.2) is 34.8 Å². The maximum Gasteiger partial charge on any atom is 0.335 e. The summed E-state index contributed by atoms with van der Waals surface area (Å²) in [6.07, 6.45) is 3.82. The minimum Gasteiger partial charge on any atom is -0.494 e. The van der Waals surface area contributed by atoms with Crippen LogP contribution in [0.15, 0.2) is 67.0 Å². The minimum absolute atomic E-state index is 0.210. The van der Waals surface area contributed by atoms with Crippen molar-refractivity contribution in [1.82, 2.24) is 9.55 Å². The van der Waals surface area contributed by atoms with Crippen LogP contribution in [0.5, 0.6) is 17.2 Å². The monoisotopic (exact) mass is 442 g/mol. The molecular weight excluding hydrogens is 420 g/mol. The highest BCUT2D eigenvalue weighted by molar-refractivity contribution is 5.92. The van der Waals surface area contributed by atoms with Crippen LogP contribution in [0.25, 0.3) is 16.6 Å². The second kappa shape index (κ2) is 8.35. The molecule has 1 aromatic heterocycles. The lowest BCUT2D eigenvalue weighted by Gasteiger charge is -2.13. The zero-order valence-corrected chi connectivity index (χ0v) is 18.2. The summed E-state index contributed by atoms with van der Waals surface area (Å²) in [7, 11) is 3.24. The van der Waals surface area contributed by atoms with Crippen LogP contribution in [0.2, 0.25) is 0 Å². The van der Waals surface area contributed by atoms with Gasteiger partial charge in [0, 0.05) is 12.1 Å². The Hall–Kier alpha value is -4.26. The number of ether oxygens (including phenoxy) is 3. The Balaban J connectivity index is 1.67. The Labute approximate surface area is 190 Å². The van der Waals surface area contributed by atoms with Gasteiger partial charge in [-0.15, -0.1) is 0 Å². The molecule has 0 bridgehead atoms. The van der Waals surface area contributed by atoms with E-state index in [2.05, 4.69) is 11.1 Å². The molecule has 3 aromatic carbocycles. The van der Waals surface area contributed by atoms with Gasteiger partial charge in [-0.05, 0) is 47.0 Å². The Morgan fingerprint density at radius 3 is 2.67 bits per heavy atom. The van der Waals surface area contributed by atoms with Crippen molar-refractivity contribution in [1.29, 1.82) is 0 Å². The molecule has 5 rings (SSSR count). The third-order valence-corrected chi connectivity index (χ3v) is 5.83. The number of carboxylic acids is 1. The molecule has 0 unspecified atom stereocenters. The molecule has 1 aliphatic heterocycles. The van der Waals surface area contributed by atoms with Gasteiger partial charge in [-0.25, -0.2) is 9.78 Å². The van der Waals surface area contributed by atoms with E-state index in [1.54, 1.807) is 38.7 Å². The van der Waals surface area contributed by atoms with Gasteiger partial charge in [-0.1, -0.05) is 30.3 Å². The van der Waals surface area contributed by atoms with Crippen molar-refractivity contribution in [2.75, 3.05) is 14.2 Å². The first kappa shape index (κ1) is 20.6. The molecule has 7 nitrogen and oxygen atoms in total. The number of aromatic carboxylic acids is 1. The van der Waals surface area contributed by atoms with Gasteiger partial charge in [0.1, 0.15) is 34.9 Å². The fourth-order valence-electron chi connectivity index (χ4n) is 4.22. The quantitative estimate of drug-likeness (QED) is 0.479. The molecule has 1 N–H and O–H groups in total. The second-order valence-corrected chi connectivity index (χ2v) is 7.64. The molecule has 1 aliphatic rings. The summed E-state index contributed by atoms with van der Waals surface area (Å²) < 4.78 is 19.0. The summed E-state index contributed by atoms with van der Waals surface area (Å²) in [5.41, 5.74) is 5.44. The largest absolute Gasteiger partial charge is 0.494 e. The number of carboxylic acid groups (broad SMARTS) is 1. The third-order valence-electron chi connectivity index (χ3n) is 5.83. The summed E-state index contributed by atoms with van der Waals surface area (Å²) in [6.45, 7) is 0.895. The van der Waals surface area contributed by atoms with Crippen molar-refractivity contribution in [2.45, 2.75) is 13.2 Å². The van der Waals surface area contributed by atoms with E-state index < -0.39 is 5.97 Å². The van der Waals surface area contributed by atoms with Crippen molar-refractivity contribution in [3.05, 3.63) is 89.3 Å². The van der Waals surface area contributed by atoms with Gasteiger partial charge in [-0.3, -0.25) is 0 Å². The first-order valence-electron chi connectivity index (χ1n) is 10.5. The summed E-state index contributed by atoms with van der Waals surface area (Å²) in [5.74, 6) is 1.03. The van der Waals surface area contributed by atoms with Crippen LogP contribution in [0, 0.1) is 0 Å². The predicted octanol–water partition coefficient (Wildman–Crippen LogP) is 4.78. The number of aromatic nitrogens is 2. The lowest BCUT2D eigenvalue weighted by Crippen LogP contribution is -2.01. The van der Waals surface area contributed by atoms with Gasteiger partial charge in [-0.2, -0.15) is 0 Å². The molecule has 0 fully saturated rings. The van der Waals surface area contributed by atoms with Crippen molar-refractivity contribution in [2.24, 2.45) is 0 Å². The number of allylic oxidation sites excluding steroid dienone is 1. The molecular formula is C26H22N2O5. The van der Waals surface area contributed by atoms with Crippen LogP contribution in [-0.2, 0) is 13.2 Å². The van der Waals surface area contributed by atoms with Crippen LogP contribution in [0.1, 0.15) is 27.0 Å². The molecule has 0 spiro atoms. The van der Waals surface area contributed by atoms with Crippen LogP contribution in [0.3, 0.4) is 0 Å². The Kier molecular flexibility index (Phi) is 5.22. The summed E-state index contributed by atoms with van der Waals surface area (Å²) >= 11 is 0. The van der Waals surface area contributed by atoms with E-state index in [1.165, 1.54) is 0 Å². The molecule has 0 aliphatic carbocycles. The molecule has 0 saturated carbocycles. The molecule has 2 heterocycles. The van der Waals surface area contributed by atoms with Gasteiger partial charge in [0.2, 0.25) is 0 Å². The van der Waals surface area contributed by atoms with Gasteiger partial charge in [0.15, 0.2) is 0 Å². The fraction of sp³-hybridized carbons (Fsp3) is 0.154. The topological polar surface area (TPSA) is 82.8 Å². The molecule has 33 heavy (non-hydrogen) atoms. The van der Waals surface area contributed by atoms with E-state index in [1.807, 2.05) is 41.0 Å². The van der Waals surface area contributed by atoms with E-state index in [4.69, 9.17) is 14.2 Å². The number of nitrogens with zero attached hydrogens (tertiary/aromatic N) is 2. The Morgan fingerprint density at radius 2 is 1.88 bits per heavy atom. The normalized spacial score (nSPS) is 13.7. The average molecular weight is 442 g/mol. The molecule has 0 saturated heterocycles. The average Bonchev–Trinajstić information content (AvgIpc) is 3.20. The highest BCUT2D eigenvalue weighted by Crippen LogP contribution is 2.38. The molecule has 0 atom stereocenters. The smallest absolute Gasteiger partial charge is 0.335 e. The molecule has 7 heteroatoms. The van der Waals surface area contributed by atoms with Crippen molar-refractivity contribution < 1.29 is 24.1 Å². The Bertz CT molecular complexity index is 1400. The van der Waals surface area contributed by atoms with E-state index in [-0.39, 0.29) is 5.56 Å². The number of benzene rings is 3. The number of fused-ring (bicyclic) bond motifs is 3. The molecule has 0 radical (unpaired) electrons. The zero-order valence-electron chi connectivity index (χ0n) is 18.2. The van der Waals surface area contributed by atoms with Gasteiger partial charge < -0.3 is 23.9 Å². The maximum atomic E-state index is 11.6. The third kappa shape index (κ3) is 3.57. The number of hydrogen-bond acceptors (Lipinski definition) is 5. The number of carbonyl (C=O) groups is 1. The minimum atomic E-state index is -0.980. The van der Waals surface area contributed by atoms with E-state index in [9.17, 15) is 9.90 Å². The number of rotatable bonds is 5. The first-order valence-corrected chi connectivity index (χ1v) is 10.5. The lowest BCUT2D eigenvalue weighted by atomic mass is 9.93. The standard InChI is InChI=1S/C26H22N2O5/c1-31-22-9-10-23(32-2)25-24(22)27-15-28(25)12-11-19-18-6-4-3-5-17(18)14-33-21-8-7-16(26(29)30)13-20(19)21/h3-11,13,15H,12,14H2,1-2H3,(H,29,30). The van der Waals surface area contributed by atoms with Gasteiger partial charge in [0.05, 0.1) is 26.1 Å². The second-order valence-electron chi connectivity index (χ2n) is 7.64. The van der Waals surface area contributed by atoms with Gasteiger partial charge >= 0.3 is 5.97 Å². The summed E-state index contributed by atoms with van der Waals surface area (Å²) in [4.78, 5) is 16.2. The van der Waals surface area contributed by atoms with Crippen molar-refractivity contribution in [3.8, 4) is 17.2 Å². The van der Waals surface area contributed by atoms with Crippen LogP contribution < -0.4 is 14.2 Å². The highest BCUT2D eigenvalue weighted by atomic mass is 16.5. The zero-order chi connectivity index (χ0) is 22.9. The van der Waals surface area contributed by atoms with E-state index in [0.717, 1.165) is 27.8 Å². The number of methoxy groups -OCH3 is 2. The fourth-order valence-corrected chi connectivity index (χ4v) is 4.22. The van der Waals surface area contributed by atoms with Crippen LogP contribution >= 0.6 is 0 Å². The number of imidazole rings is 1.